The average molecular weight is 302 g/mol. The lowest BCUT2D eigenvalue weighted by atomic mass is 10.2. The van der Waals surface area contributed by atoms with Gasteiger partial charge >= 0.3 is 0 Å². The van der Waals surface area contributed by atoms with E-state index in [1.807, 2.05) is 18.2 Å². The normalized spacial score (nSPS) is 10.7. The molecule has 0 radical (unpaired) electrons. The van der Waals surface area contributed by atoms with Gasteiger partial charge in [0.1, 0.15) is 11.3 Å². The zero-order valence-corrected chi connectivity index (χ0v) is 10.8. The summed E-state index contributed by atoms with van der Waals surface area (Å²) in [4.78, 5) is 16.2. The topological polar surface area (TPSA) is 43.1 Å². The third kappa shape index (κ3) is 1.84. The molecule has 0 spiro atoms. The Morgan fingerprint density at radius 3 is 2.78 bits per heavy atom. The van der Waals surface area contributed by atoms with E-state index < -0.39 is 0 Å². The molecule has 0 saturated carbocycles. The summed E-state index contributed by atoms with van der Waals surface area (Å²) in [5, 5.41) is 0.892. The minimum absolute atomic E-state index is 0.210. The van der Waals surface area contributed by atoms with Crippen LogP contribution in [0.3, 0.4) is 0 Å². The highest BCUT2D eigenvalue weighted by Crippen LogP contribution is 2.27. The molecule has 0 aliphatic rings. The second-order valence-electron chi connectivity index (χ2n) is 3.81. The van der Waals surface area contributed by atoms with E-state index in [4.69, 9.17) is 4.42 Å². The quantitative estimate of drug-likeness (QED) is 0.676. The van der Waals surface area contributed by atoms with Gasteiger partial charge in [0.25, 0.3) is 0 Å². The molecular formula is C14H8BrNO2. The smallest absolute Gasteiger partial charge is 0.246 e. The number of halogens is 1. The maximum absolute atomic E-state index is 12.2. The molecule has 0 bridgehead atoms. The van der Waals surface area contributed by atoms with Gasteiger partial charge in [0.05, 0.1) is 4.47 Å². The predicted molar refractivity (Wildman–Crippen MR) is 71.6 cm³/mol. The minimum atomic E-state index is -0.210. The lowest BCUT2D eigenvalue weighted by Gasteiger charge is -1.94. The first-order valence-corrected chi connectivity index (χ1v) is 6.19. The van der Waals surface area contributed by atoms with Crippen LogP contribution < -0.4 is 0 Å². The van der Waals surface area contributed by atoms with Crippen LogP contribution in [0, 0.1) is 0 Å². The van der Waals surface area contributed by atoms with Crippen LogP contribution in [0.25, 0.3) is 11.0 Å². The summed E-state index contributed by atoms with van der Waals surface area (Å²) in [7, 11) is 0. The van der Waals surface area contributed by atoms with Crippen molar-refractivity contribution < 1.29 is 9.21 Å². The molecule has 0 unspecified atom stereocenters. The molecule has 3 nitrogen and oxygen atoms in total. The molecule has 88 valence electrons. The summed E-state index contributed by atoms with van der Waals surface area (Å²) in [5.41, 5.74) is 1.06. The molecule has 4 heteroatoms. The van der Waals surface area contributed by atoms with Crippen molar-refractivity contribution in [3.8, 4) is 0 Å². The van der Waals surface area contributed by atoms with Crippen molar-refractivity contribution in [2.75, 3.05) is 0 Å². The van der Waals surface area contributed by atoms with Gasteiger partial charge in [0, 0.05) is 11.6 Å². The van der Waals surface area contributed by atoms with Crippen molar-refractivity contribution in [3.05, 3.63) is 64.6 Å². The Balaban J connectivity index is 2.10. The Morgan fingerprint density at radius 2 is 2.06 bits per heavy atom. The van der Waals surface area contributed by atoms with Gasteiger partial charge in [-0.25, -0.2) is 0 Å². The molecule has 2 aromatic heterocycles. The molecule has 0 atom stereocenters. The van der Waals surface area contributed by atoms with Crippen LogP contribution in [-0.4, -0.2) is 10.8 Å². The van der Waals surface area contributed by atoms with Crippen LogP contribution in [-0.2, 0) is 0 Å². The van der Waals surface area contributed by atoms with Crippen LogP contribution in [0.1, 0.15) is 16.2 Å². The fourth-order valence-corrected chi connectivity index (χ4v) is 2.23. The number of carbonyl (C=O) groups is 1. The third-order valence-electron chi connectivity index (χ3n) is 2.62. The molecular weight excluding hydrogens is 294 g/mol. The first kappa shape index (κ1) is 11.2. The predicted octanol–water partition coefficient (Wildman–Crippen LogP) is 3.82. The fraction of sp³-hybridized carbons (Fsp3) is 0. The molecule has 0 N–H and O–H groups in total. The van der Waals surface area contributed by atoms with Gasteiger partial charge in [-0.1, -0.05) is 18.2 Å². The first-order chi connectivity index (χ1) is 8.75. The number of furan rings is 1. The van der Waals surface area contributed by atoms with Crippen molar-refractivity contribution in [1.82, 2.24) is 4.98 Å². The zero-order chi connectivity index (χ0) is 12.5. The van der Waals surface area contributed by atoms with Gasteiger partial charge in [0.15, 0.2) is 5.76 Å². The van der Waals surface area contributed by atoms with Gasteiger partial charge in [-0.3, -0.25) is 9.78 Å². The molecule has 0 saturated heterocycles. The minimum Gasteiger partial charge on any atom is -0.451 e. The van der Waals surface area contributed by atoms with Gasteiger partial charge in [-0.05, 0) is 40.2 Å². The second-order valence-corrected chi connectivity index (χ2v) is 4.67. The number of aromatic nitrogens is 1. The van der Waals surface area contributed by atoms with E-state index in [2.05, 4.69) is 20.9 Å². The largest absolute Gasteiger partial charge is 0.451 e. The second kappa shape index (κ2) is 4.38. The van der Waals surface area contributed by atoms with E-state index in [9.17, 15) is 4.79 Å². The van der Waals surface area contributed by atoms with Crippen LogP contribution in [0.2, 0.25) is 0 Å². The maximum atomic E-state index is 12.2. The van der Waals surface area contributed by atoms with Gasteiger partial charge in [0.2, 0.25) is 5.78 Å². The van der Waals surface area contributed by atoms with E-state index in [1.165, 1.54) is 0 Å². The van der Waals surface area contributed by atoms with Crippen LogP contribution in [0.4, 0.5) is 0 Å². The summed E-state index contributed by atoms with van der Waals surface area (Å²) in [6.07, 6.45) is 1.59. The summed E-state index contributed by atoms with van der Waals surface area (Å²) in [5.74, 6) is 0.0919. The molecule has 1 aromatic carbocycles. The molecule has 3 aromatic rings. The van der Waals surface area contributed by atoms with E-state index >= 15 is 0 Å². The zero-order valence-electron chi connectivity index (χ0n) is 9.26. The number of ketones is 1. The molecule has 0 aliphatic heterocycles. The van der Waals surface area contributed by atoms with E-state index in [1.54, 1.807) is 30.5 Å². The number of hydrogen-bond acceptors (Lipinski definition) is 3. The van der Waals surface area contributed by atoms with Crippen LogP contribution >= 0.6 is 15.9 Å². The van der Waals surface area contributed by atoms with Gasteiger partial charge in [-0.2, -0.15) is 0 Å². The number of rotatable bonds is 2. The molecule has 18 heavy (non-hydrogen) atoms. The number of pyridine rings is 1. The Hall–Kier alpha value is -1.94. The van der Waals surface area contributed by atoms with E-state index in [0.717, 1.165) is 9.86 Å². The molecule has 0 aliphatic carbocycles. The fourth-order valence-electron chi connectivity index (χ4n) is 1.76. The summed E-state index contributed by atoms with van der Waals surface area (Å²) >= 11 is 3.39. The molecule has 0 fully saturated rings. The van der Waals surface area contributed by atoms with Crippen molar-refractivity contribution in [3.63, 3.8) is 0 Å². The van der Waals surface area contributed by atoms with Crippen molar-refractivity contribution >= 4 is 32.7 Å². The number of benzene rings is 1. The number of carbonyl (C=O) groups excluding carboxylic acids is 1. The first-order valence-electron chi connectivity index (χ1n) is 5.39. The molecule has 3 rings (SSSR count). The number of hydrogen-bond donors (Lipinski definition) is 0. The van der Waals surface area contributed by atoms with Gasteiger partial charge < -0.3 is 4.42 Å². The Kier molecular flexibility index (Phi) is 2.72. The summed E-state index contributed by atoms with van der Waals surface area (Å²) in [6.45, 7) is 0. The highest BCUT2D eigenvalue weighted by Gasteiger charge is 2.16. The standard InChI is InChI=1S/C14H8BrNO2/c15-10-5-3-4-9-8-12(18-14(9)10)13(17)11-6-1-2-7-16-11/h1-8H. The monoisotopic (exact) mass is 301 g/mol. The summed E-state index contributed by atoms with van der Waals surface area (Å²) < 4.78 is 6.41. The van der Waals surface area contributed by atoms with Crippen molar-refractivity contribution in [2.45, 2.75) is 0 Å². The molecule has 0 amide bonds. The maximum Gasteiger partial charge on any atom is 0.246 e. The number of nitrogens with zero attached hydrogens (tertiary/aromatic N) is 1. The highest BCUT2D eigenvalue weighted by atomic mass is 79.9. The van der Waals surface area contributed by atoms with Crippen molar-refractivity contribution in [2.24, 2.45) is 0 Å². The Morgan fingerprint density at radius 1 is 1.17 bits per heavy atom. The van der Waals surface area contributed by atoms with Crippen LogP contribution in [0.15, 0.2) is 57.6 Å². The Bertz CT molecular complexity index is 719. The Labute approximate surface area is 112 Å². The third-order valence-corrected chi connectivity index (χ3v) is 3.24. The SMILES string of the molecule is O=C(c1ccccn1)c1cc2cccc(Br)c2o1. The number of para-hydroxylation sites is 1. The lowest BCUT2D eigenvalue weighted by Crippen LogP contribution is -2.01. The van der Waals surface area contributed by atoms with Crippen molar-refractivity contribution in [1.29, 1.82) is 0 Å². The van der Waals surface area contributed by atoms with E-state index in [0.29, 0.717) is 17.0 Å². The molecule has 2 heterocycles. The average Bonchev–Trinajstić information content (AvgIpc) is 2.84. The number of fused-ring (bicyclic) bond motifs is 1. The van der Waals surface area contributed by atoms with Crippen LogP contribution in [0.5, 0.6) is 0 Å². The lowest BCUT2D eigenvalue weighted by molar-refractivity contribution is 0.101. The summed E-state index contributed by atoms with van der Waals surface area (Å²) in [6, 6.07) is 12.6. The van der Waals surface area contributed by atoms with Gasteiger partial charge in [-0.15, -0.1) is 0 Å². The highest BCUT2D eigenvalue weighted by molar-refractivity contribution is 9.10. The van der Waals surface area contributed by atoms with E-state index in [-0.39, 0.29) is 5.78 Å².